The van der Waals surface area contributed by atoms with E-state index in [1.165, 1.54) is 51.0 Å². The molecule has 1 unspecified atom stereocenters. The third-order valence-electron chi connectivity index (χ3n) is 6.00. The minimum atomic E-state index is -1.31. The van der Waals surface area contributed by atoms with Crippen molar-refractivity contribution in [2.24, 2.45) is 0 Å². The topological polar surface area (TPSA) is 81.7 Å². The van der Waals surface area contributed by atoms with Crippen LogP contribution in [0.3, 0.4) is 0 Å². The van der Waals surface area contributed by atoms with Gasteiger partial charge in [-0.15, -0.1) is 6.58 Å². The van der Waals surface area contributed by atoms with Crippen LogP contribution in [0.1, 0.15) is 130 Å². The SMILES string of the molecule is C=CC(CCCC(=O)OCCCCCCCC)(NC(=O)CCC)C(=O)OCCCCCCCC. The molecule has 0 radical (unpaired) electrons. The maximum absolute atomic E-state index is 12.9. The number of unbranched alkanes of at least 4 members (excludes halogenated alkanes) is 10. The van der Waals surface area contributed by atoms with Gasteiger partial charge in [-0.3, -0.25) is 9.59 Å². The molecule has 0 aliphatic carbocycles. The Labute approximate surface area is 208 Å². The highest BCUT2D eigenvalue weighted by Crippen LogP contribution is 2.20. The summed E-state index contributed by atoms with van der Waals surface area (Å²) in [7, 11) is 0. The molecule has 0 aromatic rings. The summed E-state index contributed by atoms with van der Waals surface area (Å²) in [5.74, 6) is -0.989. The second kappa shape index (κ2) is 21.7. The van der Waals surface area contributed by atoms with Crippen LogP contribution < -0.4 is 5.32 Å². The van der Waals surface area contributed by atoms with E-state index in [0.29, 0.717) is 32.5 Å². The minimum absolute atomic E-state index is 0.194. The van der Waals surface area contributed by atoms with Gasteiger partial charge in [-0.25, -0.2) is 4.79 Å². The Balaban J connectivity index is 4.57. The number of rotatable bonds is 23. The van der Waals surface area contributed by atoms with Crippen molar-refractivity contribution in [3.05, 3.63) is 12.7 Å². The molecule has 198 valence electrons. The predicted octanol–water partition coefficient (Wildman–Crippen LogP) is 6.81. The summed E-state index contributed by atoms with van der Waals surface area (Å²) in [5.41, 5.74) is -1.31. The lowest BCUT2D eigenvalue weighted by Crippen LogP contribution is -2.54. The van der Waals surface area contributed by atoms with E-state index in [2.05, 4.69) is 25.7 Å². The van der Waals surface area contributed by atoms with Gasteiger partial charge in [-0.05, 0) is 32.1 Å². The summed E-state index contributed by atoms with van der Waals surface area (Å²) in [6.07, 6.45) is 16.7. The van der Waals surface area contributed by atoms with Gasteiger partial charge in [0.2, 0.25) is 5.91 Å². The van der Waals surface area contributed by atoms with Gasteiger partial charge in [0.1, 0.15) is 0 Å². The van der Waals surface area contributed by atoms with Crippen molar-refractivity contribution in [3.63, 3.8) is 0 Å². The molecule has 0 aromatic carbocycles. The van der Waals surface area contributed by atoms with Crippen molar-refractivity contribution in [1.82, 2.24) is 5.32 Å². The Hall–Kier alpha value is -1.85. The summed E-state index contributed by atoms with van der Waals surface area (Å²) in [5, 5.41) is 2.82. The Morgan fingerprint density at radius 1 is 0.706 bits per heavy atom. The van der Waals surface area contributed by atoms with Gasteiger partial charge >= 0.3 is 11.9 Å². The number of carbonyl (C=O) groups excluding carboxylic acids is 3. The zero-order chi connectivity index (χ0) is 25.5. The molecular formula is C28H51NO5. The first-order valence-corrected chi connectivity index (χ1v) is 13.7. The van der Waals surface area contributed by atoms with Gasteiger partial charge < -0.3 is 14.8 Å². The van der Waals surface area contributed by atoms with Crippen LogP contribution in [0.5, 0.6) is 0 Å². The molecule has 34 heavy (non-hydrogen) atoms. The third-order valence-corrected chi connectivity index (χ3v) is 6.00. The number of hydrogen-bond acceptors (Lipinski definition) is 5. The summed E-state index contributed by atoms with van der Waals surface area (Å²) in [6.45, 7) is 10.8. The van der Waals surface area contributed by atoms with Crippen LogP contribution in [0, 0.1) is 0 Å². The summed E-state index contributed by atoms with van der Waals surface area (Å²) < 4.78 is 10.8. The highest BCUT2D eigenvalue weighted by atomic mass is 16.5. The van der Waals surface area contributed by atoms with Crippen LogP contribution in [-0.4, -0.2) is 36.6 Å². The third kappa shape index (κ3) is 15.9. The van der Waals surface area contributed by atoms with Crippen LogP contribution in [0.4, 0.5) is 0 Å². The maximum Gasteiger partial charge on any atom is 0.335 e. The molecule has 6 nitrogen and oxygen atoms in total. The van der Waals surface area contributed by atoms with Crippen LogP contribution in [0.15, 0.2) is 12.7 Å². The molecule has 0 rings (SSSR count). The van der Waals surface area contributed by atoms with Crippen molar-refractivity contribution in [1.29, 1.82) is 0 Å². The number of carbonyl (C=O) groups is 3. The van der Waals surface area contributed by atoms with Crippen molar-refractivity contribution < 1.29 is 23.9 Å². The fourth-order valence-corrected chi connectivity index (χ4v) is 3.82. The smallest absolute Gasteiger partial charge is 0.335 e. The van der Waals surface area contributed by atoms with Crippen LogP contribution >= 0.6 is 0 Å². The van der Waals surface area contributed by atoms with Gasteiger partial charge in [-0.1, -0.05) is 91.1 Å². The Morgan fingerprint density at radius 3 is 1.76 bits per heavy atom. The quantitative estimate of drug-likeness (QED) is 0.0985. The summed E-state index contributed by atoms with van der Waals surface area (Å²) in [6, 6.07) is 0. The highest BCUT2D eigenvalue weighted by molar-refractivity contribution is 5.90. The number of nitrogens with one attached hydrogen (secondary N) is 1. The lowest BCUT2D eigenvalue weighted by Gasteiger charge is -2.29. The molecule has 0 saturated heterocycles. The molecule has 1 atom stereocenters. The molecule has 0 aliphatic rings. The predicted molar refractivity (Wildman–Crippen MR) is 138 cm³/mol. The highest BCUT2D eigenvalue weighted by Gasteiger charge is 2.38. The average Bonchev–Trinajstić information content (AvgIpc) is 2.82. The molecule has 0 heterocycles. The number of amides is 1. The van der Waals surface area contributed by atoms with E-state index in [9.17, 15) is 14.4 Å². The van der Waals surface area contributed by atoms with E-state index in [4.69, 9.17) is 9.47 Å². The van der Waals surface area contributed by atoms with E-state index in [1.807, 2.05) is 6.92 Å². The molecule has 1 amide bonds. The first-order valence-electron chi connectivity index (χ1n) is 13.7. The van der Waals surface area contributed by atoms with E-state index < -0.39 is 11.5 Å². The van der Waals surface area contributed by atoms with E-state index >= 15 is 0 Å². The van der Waals surface area contributed by atoms with Crippen LogP contribution in [0.25, 0.3) is 0 Å². The fourth-order valence-electron chi connectivity index (χ4n) is 3.82. The monoisotopic (exact) mass is 481 g/mol. The van der Waals surface area contributed by atoms with Crippen molar-refractivity contribution in [2.75, 3.05) is 13.2 Å². The molecule has 0 spiro atoms. The molecule has 0 aliphatic heterocycles. The number of esters is 2. The van der Waals surface area contributed by atoms with E-state index in [-0.39, 0.29) is 24.7 Å². The molecule has 0 fully saturated rings. The standard InChI is InChI=1S/C28H51NO5/c1-5-9-11-13-15-17-23-33-26(31)21-19-22-28(8-4,29-25(30)20-7-3)27(32)34-24-18-16-14-12-10-6-2/h8H,4-7,9-24H2,1-3H3,(H,29,30). The molecule has 0 aromatic heterocycles. The number of ether oxygens (including phenoxy) is 2. The van der Waals surface area contributed by atoms with Crippen molar-refractivity contribution in [2.45, 2.75) is 135 Å². The largest absolute Gasteiger partial charge is 0.466 e. The second-order valence-corrected chi connectivity index (χ2v) is 9.22. The average molecular weight is 482 g/mol. The molecule has 1 N–H and O–H groups in total. The van der Waals surface area contributed by atoms with Gasteiger partial charge in [0.25, 0.3) is 0 Å². The lowest BCUT2D eigenvalue weighted by atomic mass is 9.92. The second-order valence-electron chi connectivity index (χ2n) is 9.22. The maximum atomic E-state index is 12.9. The molecular weight excluding hydrogens is 430 g/mol. The zero-order valence-electron chi connectivity index (χ0n) is 22.3. The van der Waals surface area contributed by atoms with Gasteiger partial charge in [-0.2, -0.15) is 0 Å². The van der Waals surface area contributed by atoms with Crippen LogP contribution in [0.2, 0.25) is 0 Å². The Kier molecular flexibility index (Phi) is 20.5. The van der Waals surface area contributed by atoms with E-state index in [1.54, 1.807) is 0 Å². The fraction of sp³-hybridized carbons (Fsp3) is 0.821. The zero-order valence-corrected chi connectivity index (χ0v) is 22.3. The molecule has 6 heteroatoms. The molecule has 0 bridgehead atoms. The van der Waals surface area contributed by atoms with Crippen molar-refractivity contribution in [3.8, 4) is 0 Å². The Bertz CT molecular complexity index is 563. The van der Waals surface area contributed by atoms with Gasteiger partial charge in [0.05, 0.1) is 13.2 Å². The molecule has 0 saturated carbocycles. The van der Waals surface area contributed by atoms with E-state index in [0.717, 1.165) is 32.1 Å². The lowest BCUT2D eigenvalue weighted by molar-refractivity contribution is -0.152. The first-order chi connectivity index (χ1) is 16.5. The van der Waals surface area contributed by atoms with Gasteiger partial charge in [0.15, 0.2) is 5.54 Å². The van der Waals surface area contributed by atoms with Gasteiger partial charge in [0, 0.05) is 12.8 Å². The van der Waals surface area contributed by atoms with Crippen molar-refractivity contribution >= 4 is 17.8 Å². The summed E-state index contributed by atoms with van der Waals surface area (Å²) >= 11 is 0. The Morgan fingerprint density at radius 2 is 1.24 bits per heavy atom. The summed E-state index contributed by atoms with van der Waals surface area (Å²) in [4.78, 5) is 37.4. The number of hydrogen-bond donors (Lipinski definition) is 1. The van der Waals surface area contributed by atoms with Crippen LogP contribution in [-0.2, 0) is 23.9 Å². The first kappa shape index (κ1) is 32.1. The minimum Gasteiger partial charge on any atom is -0.466 e. The normalized spacial score (nSPS) is 12.6.